The Hall–Kier alpha value is -6.37. The number of nitrogens with two attached hydrogens (primary N) is 1. The van der Waals surface area contributed by atoms with Crippen LogP contribution in [0, 0.1) is 19.8 Å². The number of primary amides is 1. The van der Waals surface area contributed by atoms with E-state index in [-0.39, 0.29) is 53.3 Å². The minimum absolute atomic E-state index is 0.00236. The highest BCUT2D eigenvalue weighted by Crippen LogP contribution is 2.39. The highest BCUT2D eigenvalue weighted by molar-refractivity contribution is 6.05. The third-order valence-electron chi connectivity index (χ3n) is 11.1. The van der Waals surface area contributed by atoms with E-state index in [0.29, 0.717) is 53.1 Å². The fourth-order valence-electron chi connectivity index (χ4n) is 7.86. The van der Waals surface area contributed by atoms with Crippen molar-refractivity contribution in [3.63, 3.8) is 0 Å². The molecule has 13 nitrogen and oxygen atoms in total. The molecular weight excluding hydrogens is 711 g/mol. The van der Waals surface area contributed by atoms with Crippen molar-refractivity contribution >= 4 is 59.3 Å². The van der Waals surface area contributed by atoms with Gasteiger partial charge in [0.2, 0.25) is 5.91 Å². The third-order valence-corrected chi connectivity index (χ3v) is 11.1. The van der Waals surface area contributed by atoms with E-state index >= 15 is 0 Å². The summed E-state index contributed by atoms with van der Waals surface area (Å²) in [5.74, 6) is -0.208. The van der Waals surface area contributed by atoms with Crippen LogP contribution in [0.4, 0.5) is 17.1 Å². The zero-order chi connectivity index (χ0) is 39.7. The van der Waals surface area contributed by atoms with E-state index in [2.05, 4.69) is 21.1 Å². The fraction of sp³-hybridized carbons (Fsp3) is 0.326. The molecule has 0 aromatic heterocycles. The second-order valence-corrected chi connectivity index (χ2v) is 14.8. The third kappa shape index (κ3) is 7.48. The number of benzene rings is 3. The first-order valence-electron chi connectivity index (χ1n) is 18.9. The van der Waals surface area contributed by atoms with Gasteiger partial charge in [-0.2, -0.15) is 0 Å². The standard InChI is InChI=1S/C16H17N3O3.C15H16N2O2.C12H12N2O/c1-9-2-4-12-14(15(9)21)18-7-11-6-10(3-5-13(17)20)8-19(11)16(12)22;1-3-10-5-11-7-16-13-6-14(18)9(2)4-12(13)15(19)17(11)8-10;15-12-10-5-1-2-6-11(10)13-8-9-4-3-7-14(9)12/h2-5,7,10-11,21H,6,8H2,1H3,(H2,17,20);3-4,6-7,11,18H,5,8H2,1-2H3;1-2,5-6,8-9H,3-4,7H2/b5-3+;10-3+;/t10?,11-;11-;9-/m000/s1. The number of carbonyl (C=O) groups is 4. The van der Waals surface area contributed by atoms with Crippen molar-refractivity contribution < 1.29 is 29.4 Å². The summed E-state index contributed by atoms with van der Waals surface area (Å²) in [6, 6.07) is 14.4. The van der Waals surface area contributed by atoms with Gasteiger partial charge in [0.1, 0.15) is 17.2 Å². The Morgan fingerprint density at radius 1 is 0.804 bits per heavy atom. The quantitative estimate of drug-likeness (QED) is 0.217. The van der Waals surface area contributed by atoms with Gasteiger partial charge >= 0.3 is 0 Å². The van der Waals surface area contributed by atoms with E-state index in [4.69, 9.17) is 5.73 Å². The Labute approximate surface area is 325 Å². The molecule has 4 amide bonds. The second kappa shape index (κ2) is 15.8. The summed E-state index contributed by atoms with van der Waals surface area (Å²) in [6.07, 6.45) is 14.2. The zero-order valence-electron chi connectivity index (χ0n) is 31.6. The van der Waals surface area contributed by atoms with Crippen molar-refractivity contribution in [1.82, 2.24) is 14.7 Å². The SMILES string of the molecule is C/C=C1\C[C@H]2C=Nc3cc(O)c(C)cc3C(=O)N2C1.Cc1ccc2c(c1O)N=C[C@@H]1CC(/C=C/C(N)=O)CN1C2=O.O=C1c2ccccc2N=C[C@@H]2CCCN12. The van der Waals surface area contributed by atoms with Crippen molar-refractivity contribution in [2.45, 2.75) is 64.6 Å². The smallest absolute Gasteiger partial charge is 0.256 e. The van der Waals surface area contributed by atoms with Crippen LogP contribution in [-0.4, -0.2) is 105 Å². The molecule has 13 heteroatoms. The summed E-state index contributed by atoms with van der Waals surface area (Å²) in [6.45, 7) is 7.60. The lowest BCUT2D eigenvalue weighted by atomic mass is 10.1. The summed E-state index contributed by atoms with van der Waals surface area (Å²) in [5, 5.41) is 19.8. The van der Waals surface area contributed by atoms with Crippen molar-refractivity contribution in [1.29, 1.82) is 0 Å². The molecule has 1 unspecified atom stereocenters. The molecule has 6 aliphatic rings. The van der Waals surface area contributed by atoms with Gasteiger partial charge in [0.25, 0.3) is 17.7 Å². The number of aromatic hydroxyl groups is 2. The van der Waals surface area contributed by atoms with Crippen LogP contribution >= 0.6 is 0 Å². The number of aryl methyl sites for hydroxylation is 2. The maximum atomic E-state index is 12.7. The molecule has 3 aromatic rings. The van der Waals surface area contributed by atoms with Crippen LogP contribution in [-0.2, 0) is 4.79 Å². The van der Waals surface area contributed by atoms with Gasteiger partial charge in [0, 0.05) is 44.3 Å². The summed E-state index contributed by atoms with van der Waals surface area (Å²) in [4.78, 5) is 66.8. The maximum absolute atomic E-state index is 12.7. The molecule has 6 aliphatic heterocycles. The molecule has 56 heavy (non-hydrogen) atoms. The van der Waals surface area contributed by atoms with Gasteiger partial charge in [-0.3, -0.25) is 34.2 Å². The number of aliphatic imine (C=N–C) groups is 3. The molecule has 3 fully saturated rings. The molecule has 288 valence electrons. The summed E-state index contributed by atoms with van der Waals surface area (Å²) < 4.78 is 0. The number of fused-ring (bicyclic) bond motifs is 6. The Balaban J connectivity index is 0.000000131. The topological polar surface area (TPSA) is 182 Å². The first kappa shape index (κ1) is 37.9. The highest BCUT2D eigenvalue weighted by Gasteiger charge is 2.37. The van der Waals surface area contributed by atoms with Crippen LogP contribution in [0.25, 0.3) is 0 Å². The van der Waals surface area contributed by atoms with Gasteiger partial charge in [0.05, 0.1) is 46.2 Å². The predicted octanol–water partition coefficient (Wildman–Crippen LogP) is 5.87. The van der Waals surface area contributed by atoms with Gasteiger partial charge in [-0.25, -0.2) is 0 Å². The second-order valence-electron chi connectivity index (χ2n) is 14.8. The van der Waals surface area contributed by atoms with E-state index in [1.165, 1.54) is 11.6 Å². The molecule has 0 aliphatic carbocycles. The summed E-state index contributed by atoms with van der Waals surface area (Å²) >= 11 is 0. The van der Waals surface area contributed by atoms with Crippen LogP contribution in [0.3, 0.4) is 0 Å². The molecule has 3 saturated heterocycles. The van der Waals surface area contributed by atoms with Gasteiger partial charge in [-0.1, -0.05) is 35.9 Å². The van der Waals surface area contributed by atoms with Crippen LogP contribution in [0.5, 0.6) is 11.5 Å². The molecule has 0 radical (unpaired) electrons. The molecule has 0 saturated carbocycles. The van der Waals surface area contributed by atoms with E-state index in [1.807, 2.05) is 53.4 Å². The Morgan fingerprint density at radius 3 is 2.30 bits per heavy atom. The number of amides is 4. The first-order valence-corrected chi connectivity index (χ1v) is 18.9. The molecule has 0 bridgehead atoms. The van der Waals surface area contributed by atoms with Gasteiger partial charge < -0.3 is 30.6 Å². The van der Waals surface area contributed by atoms with Crippen LogP contribution < -0.4 is 5.73 Å². The zero-order valence-corrected chi connectivity index (χ0v) is 31.6. The predicted molar refractivity (Wildman–Crippen MR) is 215 cm³/mol. The van der Waals surface area contributed by atoms with E-state index in [0.717, 1.165) is 37.1 Å². The molecule has 0 spiro atoms. The van der Waals surface area contributed by atoms with Gasteiger partial charge in [-0.05, 0) is 93.8 Å². The van der Waals surface area contributed by atoms with Crippen LogP contribution in [0.1, 0.15) is 74.8 Å². The lowest BCUT2D eigenvalue weighted by Crippen LogP contribution is -2.35. The van der Waals surface area contributed by atoms with E-state index < -0.39 is 5.91 Å². The summed E-state index contributed by atoms with van der Waals surface area (Å²) in [5.41, 5.74) is 11.2. The largest absolute Gasteiger partial charge is 0.508 e. The maximum Gasteiger partial charge on any atom is 0.256 e. The van der Waals surface area contributed by atoms with Crippen molar-refractivity contribution in [2.24, 2.45) is 26.6 Å². The average Bonchev–Trinajstić information content (AvgIpc) is 3.90. The number of phenolic OH excluding ortho intramolecular Hbond substituents is 2. The number of hydrogen-bond acceptors (Lipinski definition) is 9. The number of rotatable bonds is 2. The molecular formula is C43H45N7O6. The molecule has 9 rings (SSSR count). The van der Waals surface area contributed by atoms with E-state index in [9.17, 15) is 29.4 Å². The number of nitrogens with zero attached hydrogens (tertiary/aromatic N) is 6. The van der Waals surface area contributed by atoms with Gasteiger partial charge in [0.15, 0.2) is 0 Å². The van der Waals surface area contributed by atoms with E-state index in [1.54, 1.807) is 55.3 Å². The van der Waals surface area contributed by atoms with Crippen molar-refractivity contribution in [2.75, 3.05) is 19.6 Å². The van der Waals surface area contributed by atoms with Gasteiger partial charge in [-0.15, -0.1) is 0 Å². The minimum atomic E-state index is -0.493. The normalized spacial score (nSPS) is 23.5. The number of carbonyl (C=O) groups excluding carboxylic acids is 4. The monoisotopic (exact) mass is 755 g/mol. The lowest BCUT2D eigenvalue weighted by Gasteiger charge is -2.20. The number of phenols is 2. The lowest BCUT2D eigenvalue weighted by molar-refractivity contribution is -0.113. The molecule has 6 heterocycles. The van der Waals surface area contributed by atoms with Crippen LogP contribution in [0.2, 0.25) is 0 Å². The highest BCUT2D eigenvalue weighted by atomic mass is 16.3. The Kier molecular flexibility index (Phi) is 10.7. The number of para-hydroxylation sites is 1. The average molecular weight is 756 g/mol. The van der Waals surface area contributed by atoms with Crippen LogP contribution in [0.15, 0.2) is 87.3 Å². The minimum Gasteiger partial charge on any atom is -0.508 e. The molecule has 4 N–H and O–H groups in total. The Morgan fingerprint density at radius 2 is 1.52 bits per heavy atom. The molecule has 4 atom stereocenters. The first-order chi connectivity index (χ1) is 26.9. The fourth-order valence-corrected chi connectivity index (χ4v) is 7.86. The van der Waals surface area contributed by atoms with Crippen molar-refractivity contribution in [3.8, 4) is 11.5 Å². The Bertz CT molecular complexity index is 2260. The summed E-state index contributed by atoms with van der Waals surface area (Å²) in [7, 11) is 0. The number of hydrogen-bond donors (Lipinski definition) is 3. The molecule has 3 aromatic carbocycles. The number of allylic oxidation sites excluding steroid dienone is 1. The van der Waals surface area contributed by atoms with Crippen molar-refractivity contribution in [3.05, 3.63) is 100 Å².